The van der Waals surface area contributed by atoms with Crippen molar-refractivity contribution in [3.05, 3.63) is 17.5 Å². The molecule has 1 aliphatic heterocycles. The molecular formula is C11H14ClN5O. The molecule has 7 heteroatoms. The highest BCUT2D eigenvalue weighted by Crippen LogP contribution is 2.26. The molecule has 96 valence electrons. The van der Waals surface area contributed by atoms with Gasteiger partial charge in [-0.3, -0.25) is 0 Å². The second kappa shape index (κ2) is 4.37. The van der Waals surface area contributed by atoms with Crippen molar-refractivity contribution < 1.29 is 4.74 Å². The van der Waals surface area contributed by atoms with Crippen molar-refractivity contribution in [2.45, 2.75) is 25.3 Å². The van der Waals surface area contributed by atoms with Crippen LogP contribution in [0, 0.1) is 0 Å². The largest absolute Gasteiger partial charge is 0.381 e. The first-order chi connectivity index (χ1) is 8.66. The van der Waals surface area contributed by atoms with E-state index in [1.807, 2.05) is 0 Å². The average Bonchev–Trinajstić information content (AvgIpc) is 2.77. The summed E-state index contributed by atoms with van der Waals surface area (Å²) in [7, 11) is 0. The van der Waals surface area contributed by atoms with E-state index in [2.05, 4.69) is 27.3 Å². The van der Waals surface area contributed by atoms with Crippen LogP contribution in [0.15, 0.2) is 12.4 Å². The molecule has 2 aromatic heterocycles. The summed E-state index contributed by atoms with van der Waals surface area (Å²) in [6.07, 6.45) is 3.36. The first-order valence-corrected chi connectivity index (χ1v) is 6.26. The molecule has 0 spiro atoms. The van der Waals surface area contributed by atoms with Crippen molar-refractivity contribution in [3.8, 4) is 0 Å². The number of hydrogen-bond acceptors (Lipinski definition) is 5. The normalized spacial score (nSPS) is 19.0. The van der Waals surface area contributed by atoms with E-state index in [1.165, 1.54) is 6.33 Å². The van der Waals surface area contributed by atoms with Gasteiger partial charge in [-0.2, -0.15) is 19.6 Å². The lowest BCUT2D eigenvalue weighted by molar-refractivity contribution is 0.0656. The zero-order valence-corrected chi connectivity index (χ0v) is 10.8. The standard InChI is InChI=1S/C11H14ClN5O/c1-11(2-4-18-5-3-11)16-9-6-8(12)15-10-13-7-14-17(9)10/h6-7,16H,2-5H2,1H3. The number of nitrogens with zero attached hydrogens (tertiary/aromatic N) is 4. The molecule has 6 nitrogen and oxygen atoms in total. The smallest absolute Gasteiger partial charge is 0.255 e. The molecule has 0 aromatic carbocycles. The lowest BCUT2D eigenvalue weighted by Crippen LogP contribution is -2.41. The van der Waals surface area contributed by atoms with Crippen LogP contribution < -0.4 is 5.32 Å². The Balaban J connectivity index is 1.96. The predicted octanol–water partition coefficient (Wildman–Crippen LogP) is 1.76. The van der Waals surface area contributed by atoms with Crippen molar-refractivity contribution in [3.63, 3.8) is 0 Å². The van der Waals surface area contributed by atoms with Crippen LogP contribution in [0.4, 0.5) is 5.82 Å². The van der Waals surface area contributed by atoms with Crippen LogP contribution in [0.3, 0.4) is 0 Å². The van der Waals surface area contributed by atoms with Gasteiger partial charge in [0.05, 0.1) is 0 Å². The third-order valence-electron chi connectivity index (χ3n) is 3.25. The van der Waals surface area contributed by atoms with Gasteiger partial charge in [0.2, 0.25) is 0 Å². The quantitative estimate of drug-likeness (QED) is 0.840. The van der Waals surface area contributed by atoms with Gasteiger partial charge in [0.1, 0.15) is 17.3 Å². The highest BCUT2D eigenvalue weighted by atomic mass is 35.5. The molecule has 0 amide bonds. The maximum atomic E-state index is 5.99. The van der Waals surface area contributed by atoms with E-state index >= 15 is 0 Å². The molecule has 0 aliphatic carbocycles. The predicted molar refractivity (Wildman–Crippen MR) is 67.9 cm³/mol. The first-order valence-electron chi connectivity index (χ1n) is 5.89. The van der Waals surface area contributed by atoms with Crippen molar-refractivity contribution in [1.82, 2.24) is 19.6 Å². The Morgan fingerprint density at radius 2 is 2.22 bits per heavy atom. The summed E-state index contributed by atoms with van der Waals surface area (Å²) < 4.78 is 7.04. The summed E-state index contributed by atoms with van der Waals surface area (Å²) in [6, 6.07) is 1.77. The molecule has 1 N–H and O–H groups in total. The minimum atomic E-state index is -0.0121. The van der Waals surface area contributed by atoms with Crippen LogP contribution in [-0.2, 0) is 4.74 Å². The summed E-state index contributed by atoms with van der Waals surface area (Å²) in [6.45, 7) is 3.71. The summed E-state index contributed by atoms with van der Waals surface area (Å²) in [5.74, 6) is 1.31. The molecule has 18 heavy (non-hydrogen) atoms. The Labute approximate surface area is 109 Å². The van der Waals surface area contributed by atoms with Crippen molar-refractivity contribution in [2.24, 2.45) is 0 Å². The lowest BCUT2D eigenvalue weighted by atomic mass is 9.92. The molecule has 0 saturated carbocycles. The number of fused-ring (bicyclic) bond motifs is 1. The first kappa shape index (κ1) is 11.7. The maximum Gasteiger partial charge on any atom is 0.255 e. The Morgan fingerprint density at radius 3 is 3.00 bits per heavy atom. The highest BCUT2D eigenvalue weighted by molar-refractivity contribution is 6.29. The van der Waals surface area contributed by atoms with Crippen LogP contribution in [0.5, 0.6) is 0 Å². The van der Waals surface area contributed by atoms with Gasteiger partial charge in [0, 0.05) is 24.8 Å². The zero-order chi connectivity index (χ0) is 12.6. The van der Waals surface area contributed by atoms with E-state index in [1.54, 1.807) is 10.6 Å². The molecular weight excluding hydrogens is 254 g/mol. The molecule has 2 aromatic rings. The summed E-state index contributed by atoms with van der Waals surface area (Å²) >= 11 is 5.99. The van der Waals surface area contributed by atoms with E-state index in [-0.39, 0.29) is 5.54 Å². The van der Waals surface area contributed by atoms with Crippen molar-refractivity contribution in [2.75, 3.05) is 18.5 Å². The second-order valence-electron chi connectivity index (χ2n) is 4.73. The molecule has 1 saturated heterocycles. The van der Waals surface area contributed by atoms with Gasteiger partial charge in [-0.1, -0.05) is 11.6 Å². The Hall–Kier alpha value is -1.40. The number of rotatable bonds is 2. The van der Waals surface area contributed by atoms with Gasteiger partial charge < -0.3 is 10.1 Å². The second-order valence-corrected chi connectivity index (χ2v) is 5.12. The van der Waals surface area contributed by atoms with E-state index in [9.17, 15) is 0 Å². The Morgan fingerprint density at radius 1 is 1.44 bits per heavy atom. The number of aromatic nitrogens is 4. The maximum absolute atomic E-state index is 5.99. The zero-order valence-electron chi connectivity index (χ0n) is 10.1. The number of halogens is 1. The molecule has 0 radical (unpaired) electrons. The van der Waals surface area contributed by atoms with E-state index in [0.29, 0.717) is 10.9 Å². The summed E-state index contributed by atoms with van der Waals surface area (Å²) in [5.41, 5.74) is -0.0121. The minimum absolute atomic E-state index is 0.0121. The fourth-order valence-electron chi connectivity index (χ4n) is 2.13. The van der Waals surface area contributed by atoms with E-state index in [0.717, 1.165) is 31.9 Å². The van der Waals surface area contributed by atoms with E-state index < -0.39 is 0 Å². The molecule has 0 unspecified atom stereocenters. The molecule has 1 fully saturated rings. The van der Waals surface area contributed by atoms with Crippen LogP contribution in [-0.4, -0.2) is 38.3 Å². The lowest BCUT2D eigenvalue weighted by Gasteiger charge is -2.35. The van der Waals surface area contributed by atoms with Crippen LogP contribution >= 0.6 is 11.6 Å². The third kappa shape index (κ3) is 2.13. The summed E-state index contributed by atoms with van der Waals surface area (Å²) in [4.78, 5) is 8.15. The van der Waals surface area contributed by atoms with Crippen molar-refractivity contribution >= 4 is 23.2 Å². The number of hydrogen-bond donors (Lipinski definition) is 1. The average molecular weight is 268 g/mol. The van der Waals surface area contributed by atoms with Gasteiger partial charge >= 0.3 is 0 Å². The number of ether oxygens (including phenoxy) is 1. The summed E-state index contributed by atoms with van der Waals surface area (Å²) in [5, 5.41) is 8.04. The molecule has 3 heterocycles. The minimum Gasteiger partial charge on any atom is -0.381 e. The van der Waals surface area contributed by atoms with Gasteiger partial charge in [0.15, 0.2) is 0 Å². The van der Waals surface area contributed by atoms with E-state index in [4.69, 9.17) is 16.3 Å². The van der Waals surface area contributed by atoms with Crippen LogP contribution in [0.1, 0.15) is 19.8 Å². The Kier molecular flexibility index (Phi) is 2.83. The highest BCUT2D eigenvalue weighted by Gasteiger charge is 2.28. The monoisotopic (exact) mass is 267 g/mol. The van der Waals surface area contributed by atoms with Crippen LogP contribution in [0.25, 0.3) is 5.78 Å². The number of nitrogens with one attached hydrogen (secondary N) is 1. The molecule has 0 atom stereocenters. The number of anilines is 1. The van der Waals surface area contributed by atoms with Gasteiger partial charge in [-0.15, -0.1) is 0 Å². The topological polar surface area (TPSA) is 64.3 Å². The van der Waals surface area contributed by atoms with Crippen molar-refractivity contribution in [1.29, 1.82) is 0 Å². The van der Waals surface area contributed by atoms with Gasteiger partial charge in [-0.05, 0) is 19.8 Å². The third-order valence-corrected chi connectivity index (χ3v) is 3.44. The molecule has 3 rings (SSSR count). The SMILES string of the molecule is CC1(Nc2cc(Cl)nc3ncnn23)CCOCC1. The Bertz CT molecular complexity index is 564. The molecule has 1 aliphatic rings. The molecule has 0 bridgehead atoms. The fraction of sp³-hybridized carbons (Fsp3) is 0.545. The fourth-order valence-corrected chi connectivity index (χ4v) is 2.31. The van der Waals surface area contributed by atoms with Gasteiger partial charge in [0.25, 0.3) is 5.78 Å². The van der Waals surface area contributed by atoms with Gasteiger partial charge in [-0.25, -0.2) is 0 Å². The van der Waals surface area contributed by atoms with Crippen LogP contribution in [0.2, 0.25) is 5.15 Å².